The molecule has 4 saturated heterocycles. The summed E-state index contributed by atoms with van der Waals surface area (Å²) in [7, 11) is 0. The van der Waals surface area contributed by atoms with E-state index in [1.807, 2.05) is 6.08 Å². The van der Waals surface area contributed by atoms with Crippen LogP contribution in [0.5, 0.6) is 0 Å². The van der Waals surface area contributed by atoms with Crippen LogP contribution in [-0.2, 0) is 0 Å². The van der Waals surface area contributed by atoms with Crippen LogP contribution in [0.15, 0.2) is 11.6 Å². The van der Waals surface area contributed by atoms with Crippen LogP contribution in [0, 0.1) is 0 Å². The normalized spacial score (nSPS) is 47.1. The molecule has 2 atom stereocenters. The summed E-state index contributed by atoms with van der Waals surface area (Å²) in [4.78, 5) is 5.05. The first-order valence-electron chi connectivity index (χ1n) is 5.13. The van der Waals surface area contributed by atoms with Crippen molar-refractivity contribution in [3.8, 4) is 0 Å². The number of nitrogens with one attached hydrogen (secondary N) is 1. The van der Waals surface area contributed by atoms with Gasteiger partial charge >= 0.3 is 0 Å². The molecule has 86 valence electrons. The van der Waals surface area contributed by atoms with E-state index in [4.69, 9.17) is 11.6 Å². The van der Waals surface area contributed by atoms with Gasteiger partial charge in [-0.15, -0.1) is 0 Å². The third kappa shape index (κ3) is 2.02. The molecule has 0 aromatic heterocycles. The molecule has 0 aliphatic carbocycles. The molecule has 0 radical (unpaired) electrons. The molecule has 1 N–H and O–H groups in total. The van der Waals surface area contributed by atoms with Crippen molar-refractivity contribution in [3.05, 3.63) is 11.6 Å². The Hall–Kier alpha value is 0.160. The zero-order valence-electron chi connectivity index (χ0n) is 8.57. The van der Waals surface area contributed by atoms with Gasteiger partial charge in [-0.05, 0) is 6.08 Å². The van der Waals surface area contributed by atoms with Gasteiger partial charge in [-0.3, -0.25) is 0 Å². The highest BCUT2D eigenvalue weighted by molar-refractivity contribution is 6.25. The van der Waals surface area contributed by atoms with Crippen molar-refractivity contribution in [2.45, 2.75) is 6.04 Å². The number of rotatable bonds is 2. The Kier molecular flexibility index (Phi) is 3.26. The molecule has 0 amide bonds. The Morgan fingerprint density at radius 2 is 2.00 bits per heavy atom. The molecule has 2 unspecified atom stereocenters. The molecule has 0 aromatic carbocycles. The molecule has 0 spiro atoms. The van der Waals surface area contributed by atoms with Crippen molar-refractivity contribution in [3.63, 3.8) is 0 Å². The van der Waals surface area contributed by atoms with E-state index in [9.17, 15) is 0 Å². The predicted molar refractivity (Wildman–Crippen MR) is 55.1 cm³/mol. The maximum Gasteiger partial charge on any atom is 0.155 e. The largest absolute Gasteiger partial charge is 1.00 e. The average Bonchev–Trinajstić information content (AvgIpc) is 2.12. The maximum absolute atomic E-state index is 5.60. The first kappa shape index (κ1) is 11.6. The van der Waals surface area contributed by atoms with Crippen molar-refractivity contribution < 1.29 is 17.0 Å². The van der Waals surface area contributed by atoms with Gasteiger partial charge in [0.15, 0.2) is 13.3 Å². The van der Waals surface area contributed by atoms with Gasteiger partial charge in [-0.2, -0.15) is 5.43 Å². The third-order valence-electron chi connectivity index (χ3n) is 3.30. The van der Waals surface area contributed by atoms with Crippen LogP contribution >= 0.6 is 11.6 Å². The van der Waals surface area contributed by atoms with Gasteiger partial charge in [0, 0.05) is 18.6 Å². The van der Waals surface area contributed by atoms with Gasteiger partial charge in [0.05, 0.1) is 12.7 Å². The van der Waals surface area contributed by atoms with Gasteiger partial charge in [0.2, 0.25) is 0 Å². The fourth-order valence-corrected chi connectivity index (χ4v) is 3.13. The topological polar surface area (TPSA) is 18.5 Å². The zero-order valence-corrected chi connectivity index (χ0v) is 10.1. The second-order valence-electron chi connectivity index (χ2n) is 4.65. The van der Waals surface area contributed by atoms with Crippen LogP contribution in [0.2, 0.25) is 0 Å². The van der Waals surface area contributed by atoms with E-state index in [1.54, 1.807) is 5.54 Å². The molecule has 4 nitrogen and oxygen atoms in total. The summed E-state index contributed by atoms with van der Waals surface area (Å²) >= 11 is 5.60. The summed E-state index contributed by atoms with van der Waals surface area (Å²) in [6, 6.07) is 0.648. The summed E-state index contributed by atoms with van der Waals surface area (Å²) in [5, 5.41) is 0. The minimum absolute atomic E-state index is 0. The molecule has 6 heteroatoms. The third-order valence-corrected chi connectivity index (χ3v) is 3.48. The highest BCUT2D eigenvalue weighted by atomic mass is 35.5. The zero-order chi connectivity index (χ0) is 9.60. The van der Waals surface area contributed by atoms with Crippen molar-refractivity contribution >= 4 is 11.6 Å². The second kappa shape index (κ2) is 4.20. The fourth-order valence-electron chi connectivity index (χ4n) is 3.06. The molecule has 0 saturated carbocycles. The summed E-state index contributed by atoms with van der Waals surface area (Å²) in [6.45, 7) is 6.81. The quantitative estimate of drug-likeness (QED) is 0.526. The Morgan fingerprint density at radius 3 is 2.53 bits per heavy atom. The number of hydrogen-bond acceptors (Lipinski definition) is 3. The molecule has 4 heterocycles. The molecule has 15 heavy (non-hydrogen) atoms. The highest BCUT2D eigenvalue weighted by Gasteiger charge is 2.48. The van der Waals surface area contributed by atoms with Crippen molar-refractivity contribution in [2.75, 3.05) is 39.6 Å². The number of quaternary nitrogens is 1. The average molecular weight is 251 g/mol. The SMILES string of the molecule is Cl/C=C/C[N+]12CN3CC(CN(C3)C1)N2.[Cl-]. The first-order valence-corrected chi connectivity index (χ1v) is 5.57. The number of hydrogen-bond donors (Lipinski definition) is 1. The summed E-state index contributed by atoms with van der Waals surface area (Å²) in [5.41, 5.74) is 5.33. The summed E-state index contributed by atoms with van der Waals surface area (Å²) in [6.07, 6.45) is 2.05. The van der Waals surface area contributed by atoms with Gasteiger partial charge in [-0.25, -0.2) is 14.4 Å². The molecule has 4 bridgehead atoms. The van der Waals surface area contributed by atoms with Crippen LogP contribution in [0.1, 0.15) is 0 Å². The van der Waals surface area contributed by atoms with E-state index < -0.39 is 0 Å². The van der Waals surface area contributed by atoms with Gasteiger partial charge in [-0.1, -0.05) is 11.6 Å². The molecule has 4 aliphatic rings. The van der Waals surface area contributed by atoms with E-state index in [-0.39, 0.29) is 12.4 Å². The molecule has 4 fully saturated rings. The van der Waals surface area contributed by atoms with E-state index in [1.165, 1.54) is 13.1 Å². The van der Waals surface area contributed by atoms with Crippen LogP contribution in [0.4, 0.5) is 0 Å². The maximum atomic E-state index is 5.60. The van der Waals surface area contributed by atoms with Crippen LogP contribution in [0.25, 0.3) is 0 Å². The van der Waals surface area contributed by atoms with Gasteiger partial charge < -0.3 is 12.4 Å². The van der Waals surface area contributed by atoms with E-state index in [0.29, 0.717) is 6.04 Å². The molecule has 4 aliphatic heterocycles. The Morgan fingerprint density at radius 1 is 1.33 bits per heavy atom. The lowest BCUT2D eigenvalue weighted by Crippen LogP contribution is -3.00. The predicted octanol–water partition coefficient (Wildman–Crippen LogP) is -3.05. The summed E-state index contributed by atoms with van der Waals surface area (Å²) in [5.74, 6) is 0. The lowest BCUT2D eigenvalue weighted by atomic mass is 10.1. The second-order valence-corrected chi connectivity index (χ2v) is 4.90. The lowest BCUT2D eigenvalue weighted by molar-refractivity contribution is -1.00. The summed E-state index contributed by atoms with van der Waals surface area (Å²) < 4.78 is 0.966. The first-order chi connectivity index (χ1) is 6.80. The Bertz CT molecular complexity index is 234. The molecular weight excluding hydrogens is 235 g/mol. The number of halogens is 2. The van der Waals surface area contributed by atoms with Crippen LogP contribution in [0.3, 0.4) is 0 Å². The van der Waals surface area contributed by atoms with E-state index in [0.717, 1.165) is 31.1 Å². The lowest BCUT2D eigenvalue weighted by Gasteiger charge is -2.59. The van der Waals surface area contributed by atoms with E-state index >= 15 is 0 Å². The molecular formula is C9H16Cl2N4. The van der Waals surface area contributed by atoms with E-state index in [2.05, 4.69) is 15.2 Å². The van der Waals surface area contributed by atoms with Crippen LogP contribution < -0.4 is 17.8 Å². The number of nitrogens with zero attached hydrogens (tertiary/aromatic N) is 3. The fraction of sp³-hybridized carbons (Fsp3) is 0.778. The highest BCUT2D eigenvalue weighted by Crippen LogP contribution is 2.25. The van der Waals surface area contributed by atoms with Crippen LogP contribution in [-0.4, -0.2) is 60.1 Å². The molecule has 4 rings (SSSR count). The standard InChI is InChI=1S/C9H16ClN4.ClH/c10-2-1-3-14-7-12-4-9(11-14)5-13(6-12)8-14;/h1-2,9,11H,3-8H2;1H/q+1;/p-1/b2-1+;. The van der Waals surface area contributed by atoms with Crippen molar-refractivity contribution in [1.29, 1.82) is 0 Å². The Labute approximate surface area is 101 Å². The van der Waals surface area contributed by atoms with Crippen molar-refractivity contribution in [1.82, 2.24) is 15.2 Å². The van der Waals surface area contributed by atoms with Gasteiger partial charge in [0.25, 0.3) is 0 Å². The Balaban J connectivity index is 0.000000853. The molecule has 0 aromatic rings. The minimum atomic E-state index is 0. The minimum Gasteiger partial charge on any atom is -1.00 e. The monoisotopic (exact) mass is 250 g/mol. The van der Waals surface area contributed by atoms with Crippen molar-refractivity contribution in [2.24, 2.45) is 0 Å². The van der Waals surface area contributed by atoms with Gasteiger partial charge in [0.1, 0.15) is 6.54 Å². The smallest absolute Gasteiger partial charge is 0.155 e.